The second-order valence-electron chi connectivity index (χ2n) is 5.51. The van der Waals surface area contributed by atoms with Crippen molar-refractivity contribution in [3.8, 4) is 11.4 Å². The maximum Gasteiger partial charge on any atom is 0.348 e. The predicted octanol–water partition coefficient (Wildman–Crippen LogP) is 3.28. The summed E-state index contributed by atoms with van der Waals surface area (Å²) in [5.74, 6) is -1.12. The molecule has 1 atom stereocenters. The highest BCUT2D eigenvalue weighted by Crippen LogP contribution is 2.35. The molecule has 5 nitrogen and oxygen atoms in total. The molecule has 0 bridgehead atoms. The van der Waals surface area contributed by atoms with Crippen LogP contribution in [0, 0.1) is 11.7 Å². The summed E-state index contributed by atoms with van der Waals surface area (Å²) in [7, 11) is 0. The molecule has 2 aromatic rings. The van der Waals surface area contributed by atoms with Gasteiger partial charge in [0.05, 0.1) is 0 Å². The van der Waals surface area contributed by atoms with Gasteiger partial charge in [-0.1, -0.05) is 18.3 Å². The number of aromatic carboxylic acids is 1. The first-order chi connectivity index (χ1) is 10.6. The molecule has 1 saturated heterocycles. The van der Waals surface area contributed by atoms with Crippen molar-refractivity contribution < 1.29 is 14.3 Å². The molecule has 22 heavy (non-hydrogen) atoms. The molecule has 2 aromatic heterocycles. The molecule has 0 unspecified atom stereocenters. The number of pyridine rings is 1. The van der Waals surface area contributed by atoms with Gasteiger partial charge in [-0.2, -0.15) is 0 Å². The summed E-state index contributed by atoms with van der Waals surface area (Å²) in [6, 6.07) is 2.73. The van der Waals surface area contributed by atoms with E-state index in [9.17, 15) is 14.3 Å². The third-order valence-electron chi connectivity index (χ3n) is 3.72. The largest absolute Gasteiger partial charge is 0.477 e. The molecule has 0 spiro atoms. The van der Waals surface area contributed by atoms with Gasteiger partial charge in [0.2, 0.25) is 0 Å². The Bertz CT molecular complexity index is 704. The first-order valence-electron chi connectivity index (χ1n) is 7.16. The first-order valence-corrected chi connectivity index (χ1v) is 7.98. The topological polar surface area (TPSA) is 66.3 Å². The van der Waals surface area contributed by atoms with Crippen LogP contribution in [0.3, 0.4) is 0 Å². The third kappa shape index (κ3) is 2.81. The summed E-state index contributed by atoms with van der Waals surface area (Å²) in [4.78, 5) is 21.9. The monoisotopic (exact) mass is 321 g/mol. The van der Waals surface area contributed by atoms with Gasteiger partial charge in [-0.3, -0.25) is 4.98 Å². The Morgan fingerprint density at radius 3 is 3.00 bits per heavy atom. The Hall–Kier alpha value is -2.02. The van der Waals surface area contributed by atoms with Crippen molar-refractivity contribution in [3.05, 3.63) is 29.0 Å². The fourth-order valence-electron chi connectivity index (χ4n) is 2.67. The fraction of sp³-hybridized carbons (Fsp3) is 0.400. The molecular weight excluding hydrogens is 305 g/mol. The smallest absolute Gasteiger partial charge is 0.348 e. The standard InChI is InChI=1S/C15H16FN3O2S/c1-9-4-3-7-19(8-9)15-18-12(13(22-15)14(20)21)11-10(16)5-2-6-17-11/h2,5-6,9H,3-4,7-8H2,1H3,(H,20,21)/t9-/m1/s1. The van der Waals surface area contributed by atoms with Crippen LogP contribution < -0.4 is 4.90 Å². The van der Waals surface area contributed by atoms with E-state index in [0.29, 0.717) is 11.0 Å². The maximum absolute atomic E-state index is 13.9. The highest BCUT2D eigenvalue weighted by atomic mass is 32.1. The molecule has 0 radical (unpaired) electrons. The summed E-state index contributed by atoms with van der Waals surface area (Å²) in [5.41, 5.74) is 0.108. The molecule has 1 aliphatic heterocycles. The maximum atomic E-state index is 13.9. The van der Waals surface area contributed by atoms with Gasteiger partial charge >= 0.3 is 5.97 Å². The van der Waals surface area contributed by atoms with Crippen molar-refractivity contribution in [1.29, 1.82) is 0 Å². The second kappa shape index (κ2) is 6.00. The number of carboxylic acids is 1. The Morgan fingerprint density at radius 1 is 1.50 bits per heavy atom. The lowest BCUT2D eigenvalue weighted by Gasteiger charge is -2.30. The van der Waals surface area contributed by atoms with Gasteiger partial charge in [-0.15, -0.1) is 0 Å². The SMILES string of the molecule is C[C@@H]1CCCN(c2nc(-c3ncccc3F)c(C(=O)O)s2)C1. The number of nitrogens with zero attached hydrogens (tertiary/aromatic N) is 3. The average molecular weight is 321 g/mol. The summed E-state index contributed by atoms with van der Waals surface area (Å²) >= 11 is 1.09. The van der Waals surface area contributed by atoms with Crippen molar-refractivity contribution in [2.75, 3.05) is 18.0 Å². The van der Waals surface area contributed by atoms with Gasteiger partial charge in [0, 0.05) is 19.3 Å². The lowest BCUT2D eigenvalue weighted by molar-refractivity contribution is 0.0702. The predicted molar refractivity (Wildman–Crippen MR) is 82.9 cm³/mol. The van der Waals surface area contributed by atoms with Crippen molar-refractivity contribution in [2.45, 2.75) is 19.8 Å². The number of hydrogen-bond donors (Lipinski definition) is 1. The average Bonchev–Trinajstić information content (AvgIpc) is 2.93. The van der Waals surface area contributed by atoms with Gasteiger partial charge in [0.15, 0.2) is 10.9 Å². The van der Waals surface area contributed by atoms with E-state index in [-0.39, 0.29) is 16.3 Å². The number of anilines is 1. The van der Waals surface area contributed by atoms with Gasteiger partial charge in [-0.05, 0) is 30.9 Å². The fourth-order valence-corrected chi connectivity index (χ4v) is 3.61. The van der Waals surface area contributed by atoms with Crippen LogP contribution in [0.4, 0.5) is 9.52 Å². The molecule has 1 aliphatic rings. The second-order valence-corrected chi connectivity index (χ2v) is 6.48. The number of aromatic nitrogens is 2. The number of rotatable bonds is 3. The molecule has 0 amide bonds. The number of thiazole rings is 1. The van der Waals surface area contributed by atoms with E-state index in [0.717, 1.165) is 37.3 Å². The summed E-state index contributed by atoms with van der Waals surface area (Å²) in [6.07, 6.45) is 3.65. The van der Waals surface area contributed by atoms with E-state index in [1.54, 1.807) is 0 Å². The van der Waals surface area contributed by atoms with Crippen LogP contribution >= 0.6 is 11.3 Å². The summed E-state index contributed by atoms with van der Waals surface area (Å²) in [6.45, 7) is 3.86. The minimum atomic E-state index is -1.10. The van der Waals surface area contributed by atoms with Gasteiger partial charge < -0.3 is 10.0 Å². The van der Waals surface area contributed by atoms with Crippen LogP contribution in [-0.2, 0) is 0 Å². The van der Waals surface area contributed by atoms with E-state index in [1.165, 1.54) is 18.3 Å². The highest BCUT2D eigenvalue weighted by molar-refractivity contribution is 7.17. The lowest BCUT2D eigenvalue weighted by Crippen LogP contribution is -2.34. The van der Waals surface area contributed by atoms with E-state index in [4.69, 9.17) is 0 Å². The van der Waals surface area contributed by atoms with Crippen LogP contribution in [0.25, 0.3) is 11.4 Å². The van der Waals surface area contributed by atoms with E-state index < -0.39 is 11.8 Å². The number of hydrogen-bond acceptors (Lipinski definition) is 5. The molecule has 3 rings (SSSR count). The summed E-state index contributed by atoms with van der Waals surface area (Å²) in [5, 5.41) is 10.0. The zero-order valence-corrected chi connectivity index (χ0v) is 12.9. The molecule has 0 aromatic carbocycles. The number of halogens is 1. The normalized spacial score (nSPS) is 18.5. The molecule has 3 heterocycles. The van der Waals surface area contributed by atoms with Crippen LogP contribution in [-0.4, -0.2) is 34.1 Å². The zero-order valence-electron chi connectivity index (χ0n) is 12.1. The molecule has 0 aliphatic carbocycles. The minimum Gasteiger partial charge on any atom is -0.477 e. The van der Waals surface area contributed by atoms with E-state index >= 15 is 0 Å². The van der Waals surface area contributed by atoms with E-state index in [2.05, 4.69) is 21.8 Å². The zero-order chi connectivity index (χ0) is 15.7. The Balaban J connectivity index is 2.03. The molecular formula is C15H16FN3O2S. The molecule has 0 saturated carbocycles. The molecule has 7 heteroatoms. The minimum absolute atomic E-state index is 0.00698. The molecule has 1 fully saturated rings. The van der Waals surface area contributed by atoms with Crippen LogP contribution in [0.5, 0.6) is 0 Å². The number of carbonyl (C=O) groups is 1. The van der Waals surface area contributed by atoms with Gasteiger partial charge in [0.1, 0.15) is 16.3 Å². The molecule has 116 valence electrons. The molecule has 1 N–H and O–H groups in total. The Kier molecular flexibility index (Phi) is 4.06. The van der Waals surface area contributed by atoms with Crippen molar-refractivity contribution >= 4 is 22.4 Å². The first kappa shape index (κ1) is 14.9. The van der Waals surface area contributed by atoms with Gasteiger partial charge in [0.25, 0.3) is 0 Å². The third-order valence-corrected chi connectivity index (χ3v) is 4.82. The van der Waals surface area contributed by atoms with Crippen molar-refractivity contribution in [2.24, 2.45) is 5.92 Å². The van der Waals surface area contributed by atoms with E-state index in [1.807, 2.05) is 0 Å². The van der Waals surface area contributed by atoms with Crippen molar-refractivity contribution in [1.82, 2.24) is 9.97 Å². The number of piperidine rings is 1. The van der Waals surface area contributed by atoms with Gasteiger partial charge in [-0.25, -0.2) is 14.2 Å². The lowest BCUT2D eigenvalue weighted by atomic mass is 10.0. The van der Waals surface area contributed by atoms with Crippen molar-refractivity contribution in [3.63, 3.8) is 0 Å². The van der Waals surface area contributed by atoms with Crippen LogP contribution in [0.15, 0.2) is 18.3 Å². The Labute approximate surface area is 131 Å². The summed E-state index contributed by atoms with van der Waals surface area (Å²) < 4.78 is 13.9. The number of carboxylic acid groups (broad SMARTS) is 1. The Morgan fingerprint density at radius 2 is 2.32 bits per heavy atom. The van der Waals surface area contributed by atoms with Crippen LogP contribution in [0.2, 0.25) is 0 Å². The quantitative estimate of drug-likeness (QED) is 0.940. The van der Waals surface area contributed by atoms with Crippen LogP contribution in [0.1, 0.15) is 29.4 Å². The highest BCUT2D eigenvalue weighted by Gasteiger charge is 2.26.